The van der Waals surface area contributed by atoms with Crippen LogP contribution in [0.5, 0.6) is 11.6 Å². The summed E-state index contributed by atoms with van der Waals surface area (Å²) in [5.74, 6) is -3.04. The minimum atomic E-state index is -4.77. The van der Waals surface area contributed by atoms with Crippen molar-refractivity contribution in [3.8, 4) is 11.6 Å². The van der Waals surface area contributed by atoms with Crippen LogP contribution in [0.15, 0.2) is 59.7 Å². The summed E-state index contributed by atoms with van der Waals surface area (Å²) in [5.41, 5.74) is -2.82. The molecule has 0 fully saturated rings. The van der Waals surface area contributed by atoms with Gasteiger partial charge in [0.25, 0.3) is 11.4 Å². The van der Waals surface area contributed by atoms with Crippen molar-refractivity contribution in [3.05, 3.63) is 86.0 Å². The highest BCUT2D eigenvalue weighted by atomic mass is 35.5. The van der Waals surface area contributed by atoms with Crippen molar-refractivity contribution < 1.29 is 36.0 Å². The largest absolute Gasteiger partial charge is 0.437 e. The second kappa shape index (κ2) is 8.63. The molecule has 174 valence electrons. The molecular weight excluding hydrogens is 500 g/mol. The molecule has 0 spiro atoms. The van der Waals surface area contributed by atoms with Gasteiger partial charge in [-0.15, -0.1) is 0 Å². The molecule has 0 bridgehead atoms. The van der Waals surface area contributed by atoms with Crippen molar-refractivity contribution in [2.24, 2.45) is 5.73 Å². The van der Waals surface area contributed by atoms with E-state index in [4.69, 9.17) is 22.1 Å². The molecule has 14 heteroatoms. The van der Waals surface area contributed by atoms with Crippen LogP contribution in [0.4, 0.5) is 26.3 Å². The van der Waals surface area contributed by atoms with Gasteiger partial charge in [-0.3, -0.25) is 10.1 Å². The smallest absolute Gasteiger partial charge is 0.417 e. The van der Waals surface area contributed by atoms with E-state index in [1.807, 2.05) is 0 Å². The molecule has 0 saturated heterocycles. The van der Waals surface area contributed by atoms with E-state index in [-0.39, 0.29) is 0 Å². The number of aromatic nitrogens is 1. The monoisotopic (exact) mass is 509 g/mol. The molecule has 1 aromatic heterocycles. The number of para-hydroxylation sites is 1. The number of pyridine rings is 1. The number of thiocarbonyl (C=S) groups is 1. The fourth-order valence-corrected chi connectivity index (χ4v) is 3.38. The lowest BCUT2D eigenvalue weighted by molar-refractivity contribution is -0.444. The standard InChI is InChI=1S/C19H10ClF6N3O3S/c20-11-5-8(19(24,25)26)7-28-17(11)32-12-4-2-1-3-10(12)18(23)13(29(30)31)6-9(16(27)33)14(21)15(18)22/h1-7,15H,(H2,27,33). The van der Waals surface area contributed by atoms with Gasteiger partial charge < -0.3 is 10.5 Å². The Labute approximate surface area is 191 Å². The third-order valence-electron chi connectivity index (χ3n) is 4.57. The SMILES string of the molecule is NC(=S)C1=C(F)C(F)C(F)(c2ccccc2Oc2ncc(C(F)(F)F)cc2Cl)C([N+](=O)[O-])=C1. The lowest BCUT2D eigenvalue weighted by atomic mass is 9.81. The molecule has 1 heterocycles. The van der Waals surface area contributed by atoms with Crippen molar-refractivity contribution >= 4 is 28.8 Å². The van der Waals surface area contributed by atoms with Gasteiger partial charge in [0.2, 0.25) is 12.1 Å². The summed E-state index contributed by atoms with van der Waals surface area (Å²) in [6.45, 7) is 0. The first kappa shape index (κ1) is 24.5. The number of ether oxygens (including phenoxy) is 1. The molecule has 33 heavy (non-hydrogen) atoms. The molecular formula is C19H10ClF6N3O3S. The molecule has 2 aromatic rings. The van der Waals surface area contributed by atoms with Crippen molar-refractivity contribution in [1.29, 1.82) is 0 Å². The minimum absolute atomic E-state index is 0.369. The second-order valence-corrected chi connectivity index (χ2v) is 7.44. The van der Waals surface area contributed by atoms with Crippen LogP contribution in [0, 0.1) is 10.1 Å². The third kappa shape index (κ3) is 4.37. The Kier molecular flexibility index (Phi) is 6.40. The summed E-state index contributed by atoms with van der Waals surface area (Å²) in [7, 11) is 0. The Morgan fingerprint density at radius 1 is 1.33 bits per heavy atom. The molecule has 0 amide bonds. The summed E-state index contributed by atoms with van der Waals surface area (Å²) < 4.78 is 89.3. The van der Waals surface area contributed by atoms with E-state index in [0.29, 0.717) is 18.3 Å². The maximum absolute atomic E-state index is 16.1. The number of rotatable bonds is 5. The van der Waals surface area contributed by atoms with Gasteiger partial charge in [-0.05, 0) is 12.1 Å². The summed E-state index contributed by atoms with van der Waals surface area (Å²) in [6.07, 6.45) is -7.27. The first-order chi connectivity index (χ1) is 15.3. The van der Waals surface area contributed by atoms with E-state index < -0.39 is 72.8 Å². The minimum Gasteiger partial charge on any atom is -0.437 e. The van der Waals surface area contributed by atoms with E-state index >= 15 is 8.78 Å². The molecule has 0 saturated carbocycles. The van der Waals surface area contributed by atoms with E-state index in [2.05, 4.69) is 17.2 Å². The van der Waals surface area contributed by atoms with Gasteiger partial charge in [0, 0.05) is 23.4 Å². The Morgan fingerprint density at radius 2 is 1.97 bits per heavy atom. The zero-order valence-corrected chi connectivity index (χ0v) is 17.4. The molecule has 0 aliphatic heterocycles. The third-order valence-corrected chi connectivity index (χ3v) is 5.06. The van der Waals surface area contributed by atoms with Crippen LogP contribution in [0.2, 0.25) is 5.02 Å². The van der Waals surface area contributed by atoms with Gasteiger partial charge in [0.1, 0.15) is 21.6 Å². The Balaban J connectivity index is 2.14. The van der Waals surface area contributed by atoms with Crippen molar-refractivity contribution in [1.82, 2.24) is 4.98 Å². The average molecular weight is 510 g/mol. The zero-order chi connectivity index (χ0) is 24.7. The first-order valence-corrected chi connectivity index (χ1v) is 9.46. The van der Waals surface area contributed by atoms with Crippen LogP contribution in [0.1, 0.15) is 11.1 Å². The van der Waals surface area contributed by atoms with Crippen LogP contribution in [0.3, 0.4) is 0 Å². The van der Waals surface area contributed by atoms with Crippen molar-refractivity contribution in [2.75, 3.05) is 0 Å². The molecule has 3 rings (SSSR count). The normalized spacial score (nSPS) is 20.9. The van der Waals surface area contributed by atoms with Crippen LogP contribution in [-0.2, 0) is 11.8 Å². The number of hydrogen-bond donors (Lipinski definition) is 1. The maximum Gasteiger partial charge on any atom is 0.417 e. The summed E-state index contributed by atoms with van der Waals surface area (Å²) in [5, 5.41) is 10.9. The number of nitro groups is 1. The summed E-state index contributed by atoms with van der Waals surface area (Å²) >= 11 is 10.3. The van der Waals surface area contributed by atoms with Crippen LogP contribution >= 0.6 is 23.8 Å². The van der Waals surface area contributed by atoms with Crippen LogP contribution < -0.4 is 10.5 Å². The number of nitrogens with two attached hydrogens (primary N) is 1. The summed E-state index contributed by atoms with van der Waals surface area (Å²) in [6, 6.07) is 4.77. The molecule has 6 nitrogen and oxygen atoms in total. The lowest BCUT2D eigenvalue weighted by Gasteiger charge is -2.30. The first-order valence-electron chi connectivity index (χ1n) is 8.67. The number of hydrogen-bond acceptors (Lipinski definition) is 5. The van der Waals surface area contributed by atoms with Gasteiger partial charge in [-0.25, -0.2) is 18.2 Å². The van der Waals surface area contributed by atoms with E-state index in [0.717, 1.165) is 18.2 Å². The molecule has 2 N–H and O–H groups in total. The van der Waals surface area contributed by atoms with Gasteiger partial charge in [0.05, 0.1) is 10.5 Å². The van der Waals surface area contributed by atoms with Gasteiger partial charge in [-0.2, -0.15) is 13.2 Å². The Morgan fingerprint density at radius 3 is 2.52 bits per heavy atom. The van der Waals surface area contributed by atoms with Gasteiger partial charge in [0.15, 0.2) is 0 Å². The molecule has 1 aromatic carbocycles. The zero-order valence-electron chi connectivity index (χ0n) is 15.9. The van der Waals surface area contributed by atoms with Gasteiger partial charge in [-0.1, -0.05) is 42.0 Å². The average Bonchev–Trinajstić information content (AvgIpc) is 2.72. The number of alkyl halides is 5. The Hall–Kier alpha value is -3.19. The molecule has 1 aliphatic carbocycles. The Bertz CT molecular complexity index is 1220. The number of allylic oxidation sites excluding steroid dienone is 2. The topological polar surface area (TPSA) is 91.3 Å². The fraction of sp³-hybridized carbons (Fsp3) is 0.158. The molecule has 0 radical (unpaired) electrons. The number of benzene rings is 1. The number of nitrogens with zero attached hydrogens (tertiary/aromatic N) is 2. The quantitative estimate of drug-likeness (QED) is 0.239. The lowest BCUT2D eigenvalue weighted by Crippen LogP contribution is -2.41. The molecule has 2 unspecified atom stereocenters. The van der Waals surface area contributed by atoms with Crippen molar-refractivity contribution in [2.45, 2.75) is 18.0 Å². The van der Waals surface area contributed by atoms with Crippen molar-refractivity contribution in [3.63, 3.8) is 0 Å². The van der Waals surface area contributed by atoms with Crippen LogP contribution in [-0.4, -0.2) is 21.1 Å². The van der Waals surface area contributed by atoms with E-state index in [1.165, 1.54) is 6.07 Å². The predicted octanol–water partition coefficient (Wildman–Crippen LogP) is 5.73. The van der Waals surface area contributed by atoms with Crippen LogP contribution in [0.25, 0.3) is 0 Å². The predicted molar refractivity (Wildman–Crippen MR) is 108 cm³/mol. The highest BCUT2D eigenvalue weighted by molar-refractivity contribution is 7.80. The molecule has 1 aliphatic rings. The highest BCUT2D eigenvalue weighted by Gasteiger charge is 2.59. The van der Waals surface area contributed by atoms with E-state index in [1.54, 1.807) is 0 Å². The summed E-state index contributed by atoms with van der Waals surface area (Å²) in [4.78, 5) is 12.9. The van der Waals surface area contributed by atoms with E-state index in [9.17, 15) is 27.7 Å². The number of halogens is 7. The molecule has 2 atom stereocenters. The fourth-order valence-electron chi connectivity index (χ4n) is 3.02. The maximum atomic E-state index is 16.1. The highest BCUT2D eigenvalue weighted by Crippen LogP contribution is 2.50. The second-order valence-electron chi connectivity index (χ2n) is 6.59. The van der Waals surface area contributed by atoms with Gasteiger partial charge >= 0.3 is 6.18 Å².